The molecule has 0 aliphatic heterocycles. The molecule has 1 aromatic carbocycles. The summed E-state index contributed by atoms with van der Waals surface area (Å²) < 4.78 is 0. The number of hydrogen-bond acceptors (Lipinski definition) is 0. The van der Waals surface area contributed by atoms with Gasteiger partial charge in [0.1, 0.15) is 0 Å². The van der Waals surface area contributed by atoms with Crippen LogP contribution in [-0.2, 0) is 5.41 Å². The largest absolute Gasteiger partial charge is 0.0893 e. The summed E-state index contributed by atoms with van der Waals surface area (Å²) >= 11 is 3.64. The molecule has 0 fully saturated rings. The van der Waals surface area contributed by atoms with Crippen LogP contribution in [-0.4, -0.2) is 4.83 Å². The Hall–Kier alpha value is -0.300. The van der Waals surface area contributed by atoms with E-state index in [0.717, 1.165) is 6.42 Å². The highest BCUT2D eigenvalue weighted by Crippen LogP contribution is 2.31. The van der Waals surface area contributed by atoms with Gasteiger partial charge in [-0.1, -0.05) is 54.9 Å². The lowest BCUT2D eigenvalue weighted by Gasteiger charge is -2.27. The minimum atomic E-state index is 0.251. The zero-order chi connectivity index (χ0) is 11.6. The third kappa shape index (κ3) is 3.34. The molecule has 0 radical (unpaired) electrons. The minimum absolute atomic E-state index is 0.251. The molecule has 15 heavy (non-hydrogen) atoms. The summed E-state index contributed by atoms with van der Waals surface area (Å²) in [5, 5.41) is 0. The number of aryl methyl sites for hydroxylation is 2. The highest BCUT2D eigenvalue weighted by molar-refractivity contribution is 9.09. The molecule has 0 heterocycles. The maximum atomic E-state index is 3.64. The second kappa shape index (κ2) is 4.69. The Bertz CT molecular complexity index is 337. The molecule has 0 nitrogen and oxygen atoms in total. The van der Waals surface area contributed by atoms with Crippen molar-refractivity contribution in [2.75, 3.05) is 0 Å². The van der Waals surface area contributed by atoms with E-state index in [2.05, 4.69) is 68.7 Å². The van der Waals surface area contributed by atoms with Gasteiger partial charge in [-0.05, 0) is 42.4 Å². The van der Waals surface area contributed by atoms with Crippen LogP contribution in [0.4, 0.5) is 0 Å². The molecular weight excluding hydrogens is 248 g/mol. The van der Waals surface area contributed by atoms with Crippen LogP contribution < -0.4 is 0 Å². The lowest BCUT2D eigenvalue weighted by molar-refractivity contribution is 0.482. The maximum Gasteiger partial charge on any atom is 0.0125 e. The minimum Gasteiger partial charge on any atom is -0.0893 e. The highest BCUT2D eigenvalue weighted by Gasteiger charge is 2.22. The first kappa shape index (κ1) is 12.8. The van der Waals surface area contributed by atoms with Gasteiger partial charge >= 0.3 is 0 Å². The predicted molar refractivity (Wildman–Crippen MR) is 71.9 cm³/mol. The maximum absolute atomic E-state index is 3.64. The van der Waals surface area contributed by atoms with E-state index in [1.165, 1.54) is 16.7 Å². The molecule has 84 valence electrons. The third-order valence-electron chi connectivity index (χ3n) is 3.08. The fraction of sp³-hybridized carbons (Fsp3) is 0.571. The summed E-state index contributed by atoms with van der Waals surface area (Å²) in [4.78, 5) is 0.564. The average molecular weight is 269 g/mol. The van der Waals surface area contributed by atoms with E-state index in [9.17, 15) is 0 Å². The topological polar surface area (TPSA) is 0 Å². The molecule has 0 N–H and O–H groups in total. The van der Waals surface area contributed by atoms with Crippen molar-refractivity contribution in [1.82, 2.24) is 0 Å². The number of alkyl halides is 1. The predicted octanol–water partition coefficient (Wildman–Crippen LogP) is 4.75. The number of hydrogen-bond donors (Lipinski definition) is 0. The molecule has 1 heteroatoms. The van der Waals surface area contributed by atoms with E-state index in [0.29, 0.717) is 4.83 Å². The van der Waals surface area contributed by atoms with Crippen LogP contribution in [0.15, 0.2) is 18.2 Å². The molecular formula is C14H21Br. The molecule has 0 saturated carbocycles. The van der Waals surface area contributed by atoms with Crippen molar-refractivity contribution in [3.63, 3.8) is 0 Å². The van der Waals surface area contributed by atoms with E-state index in [1.807, 2.05) is 0 Å². The zero-order valence-electron chi connectivity index (χ0n) is 10.4. The van der Waals surface area contributed by atoms with Crippen LogP contribution in [0, 0.1) is 13.8 Å². The third-order valence-corrected chi connectivity index (χ3v) is 3.40. The Morgan fingerprint density at radius 1 is 1.20 bits per heavy atom. The van der Waals surface area contributed by atoms with Gasteiger partial charge in [-0.15, -0.1) is 0 Å². The van der Waals surface area contributed by atoms with Crippen LogP contribution in [0.3, 0.4) is 0 Å². The Labute approximate surface area is 102 Å². The van der Waals surface area contributed by atoms with Crippen molar-refractivity contribution in [2.45, 2.75) is 51.3 Å². The van der Waals surface area contributed by atoms with Gasteiger partial charge in [-0.2, -0.15) is 0 Å². The summed E-state index contributed by atoms with van der Waals surface area (Å²) in [7, 11) is 0. The lowest BCUT2D eigenvalue weighted by atomic mass is 9.80. The summed E-state index contributed by atoms with van der Waals surface area (Å²) in [5.41, 5.74) is 4.46. The summed E-state index contributed by atoms with van der Waals surface area (Å²) in [6.07, 6.45) is 1.16. The van der Waals surface area contributed by atoms with Crippen LogP contribution in [0.1, 0.15) is 43.9 Å². The molecule has 0 aliphatic carbocycles. The average Bonchev–Trinajstić information content (AvgIpc) is 2.07. The normalized spacial score (nSPS) is 14.0. The smallest absolute Gasteiger partial charge is 0.0125 e. The van der Waals surface area contributed by atoms with Crippen molar-refractivity contribution in [2.24, 2.45) is 0 Å². The lowest BCUT2D eigenvalue weighted by Crippen LogP contribution is -2.20. The highest BCUT2D eigenvalue weighted by atomic mass is 79.9. The van der Waals surface area contributed by atoms with Crippen LogP contribution in [0.5, 0.6) is 0 Å². The molecule has 0 spiro atoms. The Morgan fingerprint density at radius 2 is 1.80 bits per heavy atom. The second-order valence-electron chi connectivity index (χ2n) is 5.17. The molecule has 0 bridgehead atoms. The fourth-order valence-corrected chi connectivity index (χ4v) is 2.79. The van der Waals surface area contributed by atoms with Gasteiger partial charge in [0.25, 0.3) is 0 Å². The zero-order valence-corrected chi connectivity index (χ0v) is 12.0. The summed E-state index contributed by atoms with van der Waals surface area (Å²) in [5.74, 6) is 0. The SMILES string of the molecule is Cc1ccc(C(C)(C)CC(C)Br)cc1C. The van der Waals surface area contributed by atoms with E-state index in [4.69, 9.17) is 0 Å². The van der Waals surface area contributed by atoms with Crippen molar-refractivity contribution < 1.29 is 0 Å². The molecule has 1 atom stereocenters. The Kier molecular flexibility index (Phi) is 3.99. The Balaban J connectivity index is 2.99. The molecule has 0 aliphatic rings. The van der Waals surface area contributed by atoms with Gasteiger partial charge in [0.05, 0.1) is 0 Å². The van der Waals surface area contributed by atoms with Crippen molar-refractivity contribution in [3.05, 3.63) is 34.9 Å². The number of benzene rings is 1. The monoisotopic (exact) mass is 268 g/mol. The standard InChI is InChI=1S/C14H21Br/c1-10-6-7-13(8-11(10)2)14(4,5)9-12(3)15/h6-8,12H,9H2,1-5H3. The molecule has 1 rings (SSSR count). The van der Waals surface area contributed by atoms with Crippen LogP contribution >= 0.6 is 15.9 Å². The Morgan fingerprint density at radius 3 is 2.27 bits per heavy atom. The van der Waals surface area contributed by atoms with Crippen molar-refractivity contribution in [1.29, 1.82) is 0 Å². The molecule has 0 saturated heterocycles. The van der Waals surface area contributed by atoms with Gasteiger partial charge in [-0.25, -0.2) is 0 Å². The number of rotatable bonds is 3. The quantitative estimate of drug-likeness (QED) is 0.694. The molecule has 0 amide bonds. The van der Waals surface area contributed by atoms with Crippen LogP contribution in [0.25, 0.3) is 0 Å². The van der Waals surface area contributed by atoms with E-state index >= 15 is 0 Å². The molecule has 1 aromatic rings. The van der Waals surface area contributed by atoms with Gasteiger partial charge < -0.3 is 0 Å². The van der Waals surface area contributed by atoms with Gasteiger partial charge in [-0.3, -0.25) is 0 Å². The van der Waals surface area contributed by atoms with Gasteiger partial charge in [0.15, 0.2) is 0 Å². The summed E-state index contributed by atoms with van der Waals surface area (Å²) in [6.45, 7) is 11.2. The van der Waals surface area contributed by atoms with Gasteiger partial charge in [0, 0.05) is 4.83 Å². The molecule has 0 aromatic heterocycles. The van der Waals surface area contributed by atoms with E-state index in [-0.39, 0.29) is 5.41 Å². The van der Waals surface area contributed by atoms with E-state index in [1.54, 1.807) is 0 Å². The van der Waals surface area contributed by atoms with Crippen molar-refractivity contribution >= 4 is 15.9 Å². The first-order chi connectivity index (χ1) is 6.83. The first-order valence-electron chi connectivity index (χ1n) is 5.55. The molecule has 1 unspecified atom stereocenters. The fourth-order valence-electron chi connectivity index (χ4n) is 1.98. The van der Waals surface area contributed by atoms with Gasteiger partial charge in [0.2, 0.25) is 0 Å². The number of halogens is 1. The second-order valence-corrected chi connectivity index (χ2v) is 6.73. The van der Waals surface area contributed by atoms with Crippen LogP contribution in [0.2, 0.25) is 0 Å². The summed E-state index contributed by atoms with van der Waals surface area (Å²) in [6, 6.07) is 6.81. The first-order valence-corrected chi connectivity index (χ1v) is 6.46. The van der Waals surface area contributed by atoms with Crippen molar-refractivity contribution in [3.8, 4) is 0 Å². The van der Waals surface area contributed by atoms with E-state index < -0.39 is 0 Å².